The normalized spacial score (nSPS) is 11.6. The molecule has 0 saturated carbocycles. The van der Waals surface area contributed by atoms with Gasteiger partial charge in [0, 0.05) is 19.2 Å². The molecule has 0 heterocycles. The van der Waals surface area contributed by atoms with Crippen LogP contribution in [0.5, 0.6) is 11.5 Å². The molecule has 0 aromatic heterocycles. The molecule has 8 nitrogen and oxygen atoms in total. The lowest BCUT2D eigenvalue weighted by Crippen LogP contribution is -2.31. The summed E-state index contributed by atoms with van der Waals surface area (Å²) >= 11 is 0. The Balaban J connectivity index is 2.34. The first-order valence-corrected chi connectivity index (χ1v) is 9.76. The van der Waals surface area contributed by atoms with Crippen molar-refractivity contribution in [2.75, 3.05) is 27.2 Å². The van der Waals surface area contributed by atoms with Crippen molar-refractivity contribution in [3.8, 4) is 11.5 Å². The van der Waals surface area contributed by atoms with E-state index in [-0.39, 0.29) is 17.2 Å². The number of nitro groups is 1. The molecule has 0 amide bonds. The maximum atomic E-state index is 12.4. The first kappa shape index (κ1) is 20.8. The van der Waals surface area contributed by atoms with Crippen LogP contribution >= 0.6 is 0 Å². The van der Waals surface area contributed by atoms with Crippen LogP contribution in [-0.2, 0) is 10.0 Å². The van der Waals surface area contributed by atoms with Gasteiger partial charge in [0.15, 0.2) is 0 Å². The number of ether oxygens (including phenoxy) is 1. The van der Waals surface area contributed by atoms with Gasteiger partial charge >= 0.3 is 5.69 Å². The number of nitro benzene ring substituents is 1. The highest BCUT2D eigenvalue weighted by molar-refractivity contribution is 7.89. The second-order valence-electron chi connectivity index (χ2n) is 6.46. The number of rotatable bonds is 8. The second-order valence-corrected chi connectivity index (χ2v) is 8.23. The molecule has 0 unspecified atom stereocenters. The summed E-state index contributed by atoms with van der Waals surface area (Å²) in [5, 5.41) is 11.5. The van der Waals surface area contributed by atoms with E-state index in [1.165, 1.54) is 12.1 Å². The Kier molecular flexibility index (Phi) is 6.53. The number of benzene rings is 2. The molecule has 9 heteroatoms. The first-order valence-electron chi connectivity index (χ1n) is 8.28. The van der Waals surface area contributed by atoms with Crippen molar-refractivity contribution in [2.24, 2.45) is 0 Å². The largest absolute Gasteiger partial charge is 0.450 e. The molecule has 0 spiro atoms. The van der Waals surface area contributed by atoms with Crippen LogP contribution < -0.4 is 9.46 Å². The summed E-state index contributed by atoms with van der Waals surface area (Å²) in [6, 6.07) is 9.15. The monoisotopic (exact) mass is 393 g/mol. The predicted octanol–water partition coefficient (Wildman–Crippen LogP) is 2.84. The first-order chi connectivity index (χ1) is 12.6. The van der Waals surface area contributed by atoms with E-state index < -0.39 is 20.6 Å². The molecule has 0 saturated heterocycles. The predicted molar refractivity (Wildman–Crippen MR) is 103 cm³/mol. The SMILES string of the molecule is Cc1ccc(C)c(Oc2ccc(S(=O)(=O)NCCN(C)C)cc2[N+](=O)[O-])c1. The Bertz CT molecular complexity index is 942. The van der Waals surface area contributed by atoms with Gasteiger partial charge in [0.25, 0.3) is 0 Å². The maximum absolute atomic E-state index is 12.4. The molecular weight excluding hydrogens is 370 g/mol. The zero-order valence-corrected chi connectivity index (χ0v) is 16.5. The molecule has 0 aliphatic rings. The Hall–Kier alpha value is -2.49. The van der Waals surface area contributed by atoms with E-state index in [1.807, 2.05) is 45.0 Å². The van der Waals surface area contributed by atoms with Crippen molar-refractivity contribution < 1.29 is 18.1 Å². The molecule has 0 aliphatic carbocycles. The zero-order chi connectivity index (χ0) is 20.2. The highest BCUT2D eigenvalue weighted by Crippen LogP contribution is 2.34. The number of aryl methyl sites for hydroxylation is 2. The van der Waals surface area contributed by atoms with Crippen LogP contribution in [0.2, 0.25) is 0 Å². The Morgan fingerprint density at radius 2 is 1.81 bits per heavy atom. The fraction of sp³-hybridized carbons (Fsp3) is 0.333. The average Bonchev–Trinajstić information content (AvgIpc) is 2.57. The lowest BCUT2D eigenvalue weighted by Gasteiger charge is -2.12. The summed E-state index contributed by atoms with van der Waals surface area (Å²) < 4.78 is 32.9. The van der Waals surface area contributed by atoms with Gasteiger partial charge in [-0.25, -0.2) is 13.1 Å². The highest BCUT2D eigenvalue weighted by Gasteiger charge is 2.23. The fourth-order valence-corrected chi connectivity index (χ4v) is 3.36. The van der Waals surface area contributed by atoms with E-state index in [0.29, 0.717) is 12.3 Å². The summed E-state index contributed by atoms with van der Waals surface area (Å²) in [5.41, 5.74) is 1.35. The summed E-state index contributed by atoms with van der Waals surface area (Å²) in [5.74, 6) is 0.471. The van der Waals surface area contributed by atoms with E-state index in [9.17, 15) is 18.5 Å². The summed E-state index contributed by atoms with van der Waals surface area (Å²) in [6.45, 7) is 4.42. The van der Waals surface area contributed by atoms with Crippen molar-refractivity contribution in [3.63, 3.8) is 0 Å². The minimum Gasteiger partial charge on any atom is -0.450 e. The van der Waals surface area contributed by atoms with Crippen LogP contribution in [-0.4, -0.2) is 45.4 Å². The molecule has 2 aromatic rings. The van der Waals surface area contributed by atoms with Crippen LogP contribution in [0, 0.1) is 24.0 Å². The summed E-state index contributed by atoms with van der Waals surface area (Å²) in [6.07, 6.45) is 0. The number of nitrogens with one attached hydrogen (secondary N) is 1. The number of nitrogens with zero attached hydrogens (tertiary/aromatic N) is 2. The van der Waals surface area contributed by atoms with Crippen molar-refractivity contribution in [1.82, 2.24) is 9.62 Å². The third kappa shape index (κ3) is 5.49. The van der Waals surface area contributed by atoms with Gasteiger partial charge < -0.3 is 9.64 Å². The van der Waals surface area contributed by atoms with Gasteiger partial charge in [-0.2, -0.15) is 0 Å². The standard InChI is InChI=1S/C18H23N3O5S/c1-13-5-6-14(2)18(11-13)26-17-8-7-15(12-16(17)21(22)23)27(24,25)19-9-10-20(3)4/h5-8,11-12,19H,9-10H2,1-4H3. The van der Waals surface area contributed by atoms with Gasteiger partial charge in [-0.15, -0.1) is 0 Å². The van der Waals surface area contributed by atoms with E-state index in [2.05, 4.69) is 4.72 Å². The average molecular weight is 393 g/mol. The minimum absolute atomic E-state index is 0.0130. The lowest BCUT2D eigenvalue weighted by molar-refractivity contribution is -0.385. The van der Waals surface area contributed by atoms with E-state index in [4.69, 9.17) is 4.74 Å². The highest BCUT2D eigenvalue weighted by atomic mass is 32.2. The van der Waals surface area contributed by atoms with Gasteiger partial charge in [0.1, 0.15) is 5.75 Å². The molecule has 0 bridgehead atoms. The van der Waals surface area contributed by atoms with E-state index in [1.54, 1.807) is 6.07 Å². The third-order valence-corrected chi connectivity index (χ3v) is 5.31. The van der Waals surface area contributed by atoms with E-state index in [0.717, 1.165) is 17.2 Å². The van der Waals surface area contributed by atoms with Crippen LogP contribution in [0.4, 0.5) is 5.69 Å². The molecular formula is C18H23N3O5S. The number of likely N-dealkylation sites (N-methyl/N-ethyl adjacent to an activating group) is 1. The summed E-state index contributed by atoms with van der Waals surface area (Å²) in [7, 11) is -0.217. The summed E-state index contributed by atoms with van der Waals surface area (Å²) in [4.78, 5) is 12.4. The van der Waals surface area contributed by atoms with Crippen LogP contribution in [0.3, 0.4) is 0 Å². The van der Waals surface area contributed by atoms with Crippen molar-refractivity contribution >= 4 is 15.7 Å². The second kappa shape index (κ2) is 8.47. The molecule has 27 heavy (non-hydrogen) atoms. The molecule has 2 rings (SSSR count). The number of hydrogen-bond donors (Lipinski definition) is 1. The quantitative estimate of drug-likeness (QED) is 0.547. The van der Waals surface area contributed by atoms with Crippen molar-refractivity contribution in [3.05, 3.63) is 57.6 Å². The molecule has 2 aromatic carbocycles. The van der Waals surface area contributed by atoms with Crippen LogP contribution in [0.25, 0.3) is 0 Å². The number of hydrogen-bond acceptors (Lipinski definition) is 6. The lowest BCUT2D eigenvalue weighted by atomic mass is 10.1. The van der Waals surface area contributed by atoms with Crippen molar-refractivity contribution in [2.45, 2.75) is 18.7 Å². The molecule has 0 aliphatic heterocycles. The molecule has 146 valence electrons. The topological polar surface area (TPSA) is 102 Å². The maximum Gasteiger partial charge on any atom is 0.312 e. The number of sulfonamides is 1. The van der Waals surface area contributed by atoms with Crippen LogP contribution in [0.15, 0.2) is 41.3 Å². The third-order valence-electron chi connectivity index (χ3n) is 3.85. The Morgan fingerprint density at radius 1 is 1.11 bits per heavy atom. The molecule has 0 atom stereocenters. The van der Waals surface area contributed by atoms with Gasteiger partial charge in [-0.1, -0.05) is 12.1 Å². The molecule has 0 fully saturated rings. The minimum atomic E-state index is -3.85. The van der Waals surface area contributed by atoms with Gasteiger partial charge in [0.2, 0.25) is 15.8 Å². The Morgan fingerprint density at radius 3 is 2.44 bits per heavy atom. The van der Waals surface area contributed by atoms with Crippen molar-refractivity contribution in [1.29, 1.82) is 0 Å². The molecule has 1 N–H and O–H groups in total. The smallest absolute Gasteiger partial charge is 0.312 e. The Labute approximate surface area is 159 Å². The zero-order valence-electron chi connectivity index (χ0n) is 15.7. The van der Waals surface area contributed by atoms with Gasteiger partial charge in [-0.3, -0.25) is 10.1 Å². The van der Waals surface area contributed by atoms with Gasteiger partial charge in [-0.05, 0) is 57.3 Å². The van der Waals surface area contributed by atoms with Gasteiger partial charge in [0.05, 0.1) is 9.82 Å². The molecule has 0 radical (unpaired) electrons. The van der Waals surface area contributed by atoms with Crippen LogP contribution in [0.1, 0.15) is 11.1 Å². The van der Waals surface area contributed by atoms with E-state index >= 15 is 0 Å². The fourth-order valence-electron chi connectivity index (χ4n) is 2.32.